The standard InChI is InChI=1S/C22H15N3O3/c26-22(14-10-17-8-12-21(13-9-17)25(27)28)24-20-6-3-4-18(16-20)7-11-19-5-1-2-15-23-19/h1-6,8-10,12-16H,(H,24,26)/b14-10+. The Bertz CT molecular complexity index is 1080. The van der Waals surface area contributed by atoms with E-state index in [4.69, 9.17) is 0 Å². The number of non-ortho nitro benzene ring substituents is 1. The van der Waals surface area contributed by atoms with Crippen molar-refractivity contribution in [2.24, 2.45) is 0 Å². The van der Waals surface area contributed by atoms with Crippen molar-refractivity contribution in [3.63, 3.8) is 0 Å². The molecule has 0 bridgehead atoms. The second-order valence-corrected chi connectivity index (χ2v) is 5.72. The smallest absolute Gasteiger partial charge is 0.269 e. The zero-order valence-corrected chi connectivity index (χ0v) is 14.7. The summed E-state index contributed by atoms with van der Waals surface area (Å²) in [5.41, 5.74) is 2.73. The Hall–Kier alpha value is -4.24. The van der Waals surface area contributed by atoms with Crippen LogP contribution in [-0.4, -0.2) is 15.8 Å². The summed E-state index contributed by atoms with van der Waals surface area (Å²) in [4.78, 5) is 26.4. The maximum Gasteiger partial charge on any atom is 0.269 e. The lowest BCUT2D eigenvalue weighted by Crippen LogP contribution is -2.07. The molecule has 0 unspecified atom stereocenters. The molecule has 1 amide bonds. The highest BCUT2D eigenvalue weighted by Crippen LogP contribution is 2.13. The van der Waals surface area contributed by atoms with Crippen LogP contribution < -0.4 is 5.32 Å². The minimum absolute atomic E-state index is 0.00484. The number of benzene rings is 2. The van der Waals surface area contributed by atoms with Crippen LogP contribution in [0.3, 0.4) is 0 Å². The minimum Gasteiger partial charge on any atom is -0.322 e. The van der Waals surface area contributed by atoms with Crippen LogP contribution in [0, 0.1) is 22.0 Å². The van der Waals surface area contributed by atoms with E-state index in [-0.39, 0.29) is 11.6 Å². The van der Waals surface area contributed by atoms with Gasteiger partial charge in [-0.2, -0.15) is 0 Å². The first-order valence-corrected chi connectivity index (χ1v) is 8.37. The Morgan fingerprint density at radius 1 is 1.04 bits per heavy atom. The molecular weight excluding hydrogens is 354 g/mol. The van der Waals surface area contributed by atoms with E-state index < -0.39 is 4.92 Å². The summed E-state index contributed by atoms with van der Waals surface area (Å²) in [7, 11) is 0. The number of pyridine rings is 1. The van der Waals surface area contributed by atoms with Crippen molar-refractivity contribution in [3.8, 4) is 11.8 Å². The van der Waals surface area contributed by atoms with Crippen molar-refractivity contribution >= 4 is 23.4 Å². The Balaban J connectivity index is 1.64. The largest absolute Gasteiger partial charge is 0.322 e. The molecule has 3 rings (SSSR count). The molecule has 0 saturated heterocycles. The van der Waals surface area contributed by atoms with Crippen LogP contribution in [0.25, 0.3) is 6.08 Å². The number of nitro groups is 1. The van der Waals surface area contributed by atoms with Crippen molar-refractivity contribution in [3.05, 3.63) is 106 Å². The van der Waals surface area contributed by atoms with Gasteiger partial charge in [-0.15, -0.1) is 0 Å². The summed E-state index contributed by atoms with van der Waals surface area (Å²) in [5, 5.41) is 13.4. The Morgan fingerprint density at radius 3 is 2.57 bits per heavy atom. The van der Waals surface area contributed by atoms with Gasteiger partial charge in [-0.25, -0.2) is 4.98 Å². The maximum atomic E-state index is 12.1. The summed E-state index contributed by atoms with van der Waals surface area (Å²) in [6, 6.07) is 18.6. The average molecular weight is 369 g/mol. The molecular formula is C22H15N3O3. The van der Waals surface area contributed by atoms with Crippen molar-refractivity contribution in [1.82, 2.24) is 4.98 Å². The van der Waals surface area contributed by atoms with Crippen molar-refractivity contribution in [1.29, 1.82) is 0 Å². The minimum atomic E-state index is -0.468. The molecule has 1 heterocycles. The number of aromatic nitrogens is 1. The van der Waals surface area contributed by atoms with Gasteiger partial charge in [0.05, 0.1) is 4.92 Å². The van der Waals surface area contributed by atoms with E-state index in [9.17, 15) is 14.9 Å². The summed E-state index contributed by atoms with van der Waals surface area (Å²) in [5.74, 6) is 5.66. The Morgan fingerprint density at radius 2 is 1.86 bits per heavy atom. The molecule has 1 aromatic heterocycles. The van der Waals surface area contributed by atoms with E-state index in [1.807, 2.05) is 24.3 Å². The van der Waals surface area contributed by atoms with Crippen LogP contribution in [0.15, 0.2) is 79.0 Å². The molecule has 6 heteroatoms. The molecule has 0 atom stereocenters. The number of hydrogen-bond acceptors (Lipinski definition) is 4. The zero-order valence-electron chi connectivity index (χ0n) is 14.7. The van der Waals surface area contributed by atoms with Crippen molar-refractivity contribution < 1.29 is 9.72 Å². The predicted molar refractivity (Wildman–Crippen MR) is 107 cm³/mol. The number of carbonyl (C=O) groups excluding carboxylic acids is 1. The van der Waals surface area contributed by atoms with Gasteiger partial charge in [-0.3, -0.25) is 14.9 Å². The summed E-state index contributed by atoms with van der Waals surface area (Å²) in [6.45, 7) is 0. The number of anilines is 1. The molecule has 28 heavy (non-hydrogen) atoms. The molecule has 0 spiro atoms. The Labute approximate surface area is 161 Å². The normalized spacial score (nSPS) is 10.1. The van der Waals surface area contributed by atoms with Gasteiger partial charge >= 0.3 is 0 Å². The first-order valence-electron chi connectivity index (χ1n) is 8.37. The molecule has 0 aliphatic carbocycles. The van der Waals surface area contributed by atoms with Crippen LogP contribution in [0.4, 0.5) is 11.4 Å². The quantitative estimate of drug-likeness (QED) is 0.325. The van der Waals surface area contributed by atoms with Crippen LogP contribution in [0.5, 0.6) is 0 Å². The summed E-state index contributed by atoms with van der Waals surface area (Å²) in [6.07, 6.45) is 4.63. The third kappa shape index (κ3) is 5.38. The first kappa shape index (κ1) is 18.5. The van der Waals surface area contributed by atoms with Gasteiger partial charge in [-0.05, 0) is 60.0 Å². The monoisotopic (exact) mass is 369 g/mol. The van der Waals surface area contributed by atoms with Crippen LogP contribution in [0.2, 0.25) is 0 Å². The fraction of sp³-hybridized carbons (Fsp3) is 0. The SMILES string of the molecule is O=C(/C=C/c1ccc([N+](=O)[O-])cc1)Nc1cccc(C#Cc2ccccn2)c1. The van der Waals surface area contributed by atoms with E-state index in [1.54, 1.807) is 42.6 Å². The van der Waals surface area contributed by atoms with Crippen LogP contribution in [-0.2, 0) is 4.79 Å². The highest BCUT2D eigenvalue weighted by molar-refractivity contribution is 6.02. The van der Waals surface area contributed by atoms with Gasteiger partial charge < -0.3 is 5.32 Å². The second-order valence-electron chi connectivity index (χ2n) is 5.72. The lowest BCUT2D eigenvalue weighted by molar-refractivity contribution is -0.384. The molecule has 0 saturated carbocycles. The van der Waals surface area contributed by atoms with Crippen LogP contribution in [0.1, 0.15) is 16.8 Å². The number of nitrogens with zero attached hydrogens (tertiary/aromatic N) is 2. The average Bonchev–Trinajstić information content (AvgIpc) is 2.72. The van der Waals surface area contributed by atoms with Gasteiger partial charge in [0.1, 0.15) is 5.69 Å². The fourth-order valence-corrected chi connectivity index (χ4v) is 2.31. The first-order chi connectivity index (χ1) is 13.6. The third-order valence-electron chi connectivity index (χ3n) is 3.66. The maximum absolute atomic E-state index is 12.1. The zero-order chi connectivity index (χ0) is 19.8. The van der Waals surface area contributed by atoms with Crippen LogP contribution >= 0.6 is 0 Å². The van der Waals surface area contributed by atoms with E-state index in [0.29, 0.717) is 16.9 Å². The van der Waals surface area contributed by atoms with E-state index in [2.05, 4.69) is 22.1 Å². The second kappa shape index (κ2) is 8.92. The summed E-state index contributed by atoms with van der Waals surface area (Å²) >= 11 is 0. The highest BCUT2D eigenvalue weighted by Gasteiger charge is 2.03. The molecule has 1 N–H and O–H groups in total. The molecule has 6 nitrogen and oxygen atoms in total. The molecule has 2 aromatic carbocycles. The van der Waals surface area contributed by atoms with E-state index >= 15 is 0 Å². The molecule has 136 valence electrons. The van der Waals surface area contributed by atoms with Gasteiger partial charge in [-0.1, -0.05) is 18.1 Å². The van der Waals surface area contributed by atoms with Gasteiger partial charge in [0.2, 0.25) is 5.91 Å². The number of amides is 1. The molecule has 3 aromatic rings. The number of carbonyl (C=O) groups is 1. The molecule has 0 aliphatic rings. The highest BCUT2D eigenvalue weighted by atomic mass is 16.6. The van der Waals surface area contributed by atoms with Gasteiger partial charge in [0, 0.05) is 35.7 Å². The number of rotatable bonds is 4. The fourth-order valence-electron chi connectivity index (χ4n) is 2.31. The lowest BCUT2D eigenvalue weighted by atomic mass is 10.2. The number of hydrogen-bond donors (Lipinski definition) is 1. The Kier molecular flexibility index (Phi) is 5.91. The van der Waals surface area contributed by atoms with Gasteiger partial charge in [0.15, 0.2) is 0 Å². The number of nitro benzene ring substituents is 1. The van der Waals surface area contributed by atoms with E-state index in [0.717, 1.165) is 5.56 Å². The topological polar surface area (TPSA) is 85.1 Å². The lowest BCUT2D eigenvalue weighted by Gasteiger charge is -2.02. The van der Waals surface area contributed by atoms with Crippen molar-refractivity contribution in [2.75, 3.05) is 5.32 Å². The predicted octanol–water partition coefficient (Wildman–Crippen LogP) is 4.04. The molecule has 0 aliphatic heterocycles. The van der Waals surface area contributed by atoms with Crippen molar-refractivity contribution in [2.45, 2.75) is 0 Å². The molecule has 0 fully saturated rings. The van der Waals surface area contributed by atoms with Gasteiger partial charge in [0.25, 0.3) is 5.69 Å². The van der Waals surface area contributed by atoms with E-state index in [1.165, 1.54) is 18.2 Å². The third-order valence-corrected chi connectivity index (χ3v) is 3.66. The number of nitrogens with one attached hydrogen (secondary N) is 1. The summed E-state index contributed by atoms with van der Waals surface area (Å²) < 4.78 is 0. The molecule has 0 radical (unpaired) electrons.